The second kappa shape index (κ2) is 9.99. The van der Waals surface area contributed by atoms with Crippen molar-refractivity contribution in [3.63, 3.8) is 0 Å². The van der Waals surface area contributed by atoms with E-state index in [0.29, 0.717) is 18.4 Å². The van der Waals surface area contributed by atoms with E-state index in [9.17, 15) is 27.6 Å². The Kier molecular flexibility index (Phi) is 7.19. The molecule has 2 fully saturated rings. The Morgan fingerprint density at radius 1 is 1.09 bits per heavy atom. The van der Waals surface area contributed by atoms with Gasteiger partial charge in [-0.05, 0) is 50.2 Å². The number of aromatic nitrogens is 2. The highest BCUT2D eigenvalue weighted by Crippen LogP contribution is 2.37. The molecule has 2 aromatic heterocycles. The summed E-state index contributed by atoms with van der Waals surface area (Å²) in [5.41, 5.74) is 2.14. The molecule has 2 aromatic rings. The molecule has 2 aliphatic carbocycles. The summed E-state index contributed by atoms with van der Waals surface area (Å²) in [6.45, 7) is 3.92. The van der Waals surface area contributed by atoms with Gasteiger partial charge < -0.3 is 9.88 Å². The Morgan fingerprint density at radius 2 is 1.77 bits per heavy atom. The van der Waals surface area contributed by atoms with Gasteiger partial charge in [0.2, 0.25) is 5.91 Å². The predicted octanol–water partition coefficient (Wildman–Crippen LogP) is 3.76. The SMILES string of the molecule is Cc1cc2c(cn1)cc(C1CC(NC(=O)NC(=O)C3C(F)CC(F)CC3F)CCC1C)c(=O)n2C. The van der Waals surface area contributed by atoms with Gasteiger partial charge >= 0.3 is 6.03 Å². The molecule has 0 aliphatic heterocycles. The van der Waals surface area contributed by atoms with E-state index in [1.807, 2.05) is 24.4 Å². The number of nitrogens with zero attached hydrogens (tertiary/aromatic N) is 2. The average Bonchev–Trinajstić information content (AvgIpc) is 2.77. The molecule has 2 aliphatic rings. The van der Waals surface area contributed by atoms with Crippen molar-refractivity contribution in [1.82, 2.24) is 20.2 Å². The molecule has 35 heavy (non-hydrogen) atoms. The van der Waals surface area contributed by atoms with Gasteiger partial charge in [0.25, 0.3) is 5.56 Å². The third-order valence-corrected chi connectivity index (χ3v) is 7.48. The highest BCUT2D eigenvalue weighted by Gasteiger charge is 2.43. The van der Waals surface area contributed by atoms with Gasteiger partial charge in [0.15, 0.2) is 0 Å². The number of hydrogen-bond acceptors (Lipinski definition) is 4. The quantitative estimate of drug-likeness (QED) is 0.682. The van der Waals surface area contributed by atoms with Gasteiger partial charge in [0.1, 0.15) is 24.4 Å². The fraction of sp³-hybridized carbons (Fsp3) is 0.600. The van der Waals surface area contributed by atoms with Gasteiger partial charge in [-0.2, -0.15) is 0 Å². The zero-order valence-corrected chi connectivity index (χ0v) is 20.1. The minimum absolute atomic E-state index is 0.105. The number of rotatable bonds is 3. The Morgan fingerprint density at radius 3 is 2.46 bits per heavy atom. The molecule has 2 saturated carbocycles. The van der Waals surface area contributed by atoms with Gasteiger partial charge in [-0.25, -0.2) is 18.0 Å². The number of nitrogens with one attached hydrogen (secondary N) is 2. The van der Waals surface area contributed by atoms with Crippen LogP contribution in [-0.2, 0) is 11.8 Å². The van der Waals surface area contributed by atoms with Crippen molar-refractivity contribution in [1.29, 1.82) is 0 Å². The van der Waals surface area contributed by atoms with E-state index < -0.39 is 49.2 Å². The Bertz CT molecular complexity index is 1170. The highest BCUT2D eigenvalue weighted by molar-refractivity contribution is 5.96. The van der Waals surface area contributed by atoms with E-state index in [4.69, 9.17) is 0 Å². The summed E-state index contributed by atoms with van der Waals surface area (Å²) < 4.78 is 43.1. The Labute approximate surface area is 201 Å². The zero-order chi connectivity index (χ0) is 25.4. The van der Waals surface area contributed by atoms with E-state index in [2.05, 4.69) is 17.2 Å². The Hall–Kier alpha value is -2.91. The lowest BCUT2D eigenvalue weighted by Crippen LogP contribution is -2.52. The summed E-state index contributed by atoms with van der Waals surface area (Å²) in [6.07, 6.45) is -3.12. The molecule has 0 aromatic carbocycles. The van der Waals surface area contributed by atoms with Crippen molar-refractivity contribution in [3.8, 4) is 0 Å². The standard InChI is InChI=1S/C25H31F3N4O3/c1-12-4-5-16(30-25(35)31-23(33)22-19(27)8-15(26)9-20(22)28)10-17(12)18-7-14-11-29-13(2)6-21(14)32(3)24(18)34/h6-7,11-12,15-17,19-20,22H,4-5,8-10H2,1-3H3,(H2,30,31,33,35). The van der Waals surface area contributed by atoms with Crippen LogP contribution in [0, 0.1) is 18.8 Å². The lowest BCUT2D eigenvalue weighted by atomic mass is 9.74. The number of imide groups is 1. The molecular weight excluding hydrogens is 461 g/mol. The van der Waals surface area contributed by atoms with Gasteiger partial charge in [-0.3, -0.25) is 19.9 Å². The van der Waals surface area contributed by atoms with Crippen LogP contribution in [0.3, 0.4) is 0 Å². The molecule has 5 unspecified atom stereocenters. The van der Waals surface area contributed by atoms with Crippen molar-refractivity contribution < 1.29 is 22.8 Å². The largest absolute Gasteiger partial charge is 0.335 e. The van der Waals surface area contributed by atoms with Gasteiger partial charge in [-0.1, -0.05) is 6.92 Å². The monoisotopic (exact) mass is 492 g/mol. The number of pyridine rings is 2. The molecule has 2 N–H and O–H groups in total. The van der Waals surface area contributed by atoms with E-state index in [1.54, 1.807) is 17.8 Å². The highest BCUT2D eigenvalue weighted by atomic mass is 19.2. The topological polar surface area (TPSA) is 93.1 Å². The first kappa shape index (κ1) is 25.2. The van der Waals surface area contributed by atoms with Crippen molar-refractivity contribution in [2.45, 2.75) is 76.4 Å². The van der Waals surface area contributed by atoms with E-state index in [-0.39, 0.29) is 23.4 Å². The van der Waals surface area contributed by atoms with Gasteiger partial charge in [-0.15, -0.1) is 0 Å². The molecule has 7 nitrogen and oxygen atoms in total. The normalized spacial score (nSPS) is 31.2. The van der Waals surface area contributed by atoms with Crippen LogP contribution in [0.4, 0.5) is 18.0 Å². The number of alkyl halides is 3. The van der Waals surface area contributed by atoms with Crippen LogP contribution in [0.1, 0.15) is 56.2 Å². The lowest BCUT2D eigenvalue weighted by molar-refractivity contribution is -0.131. The van der Waals surface area contributed by atoms with E-state index in [0.717, 1.165) is 23.0 Å². The van der Waals surface area contributed by atoms with Crippen LogP contribution < -0.4 is 16.2 Å². The van der Waals surface area contributed by atoms with Gasteiger partial charge in [0.05, 0.1) is 5.52 Å². The summed E-state index contributed by atoms with van der Waals surface area (Å²) in [7, 11) is 1.72. The molecule has 3 amide bonds. The van der Waals surface area contributed by atoms with E-state index in [1.165, 1.54) is 0 Å². The molecule has 5 atom stereocenters. The first-order chi connectivity index (χ1) is 16.5. The maximum absolute atomic E-state index is 14.1. The van der Waals surface area contributed by atoms with Crippen LogP contribution in [0.15, 0.2) is 23.1 Å². The zero-order valence-electron chi connectivity index (χ0n) is 20.1. The molecule has 0 spiro atoms. The van der Waals surface area contributed by atoms with E-state index >= 15 is 0 Å². The summed E-state index contributed by atoms with van der Waals surface area (Å²) in [4.78, 5) is 42.3. The molecular formula is C25H31F3N4O3. The summed E-state index contributed by atoms with van der Waals surface area (Å²) in [5.74, 6) is -2.72. The fourth-order valence-electron chi connectivity index (χ4n) is 5.49. The Balaban J connectivity index is 1.46. The number of urea groups is 1. The first-order valence-electron chi connectivity index (χ1n) is 12.0. The average molecular weight is 493 g/mol. The van der Waals surface area contributed by atoms with Crippen LogP contribution >= 0.6 is 0 Å². The summed E-state index contributed by atoms with van der Waals surface area (Å²) >= 11 is 0. The van der Waals surface area contributed by atoms with Crippen LogP contribution in [0.25, 0.3) is 10.9 Å². The molecule has 190 valence electrons. The molecule has 0 bridgehead atoms. The summed E-state index contributed by atoms with van der Waals surface area (Å²) in [6, 6.07) is 2.55. The number of hydrogen-bond donors (Lipinski definition) is 2. The molecule has 10 heteroatoms. The van der Waals surface area contributed by atoms with Crippen LogP contribution in [-0.4, -0.2) is 46.0 Å². The maximum atomic E-state index is 14.1. The fourth-order valence-corrected chi connectivity index (χ4v) is 5.49. The number of fused-ring (bicyclic) bond motifs is 1. The first-order valence-corrected chi connectivity index (χ1v) is 12.0. The number of halogens is 3. The van der Waals surface area contributed by atoms with Crippen molar-refractivity contribution >= 4 is 22.8 Å². The maximum Gasteiger partial charge on any atom is 0.321 e. The smallest absolute Gasteiger partial charge is 0.321 e. The molecule has 0 radical (unpaired) electrons. The minimum atomic E-state index is -1.98. The second-order valence-electron chi connectivity index (χ2n) is 10.0. The van der Waals surface area contributed by atoms with Crippen molar-refractivity contribution in [3.05, 3.63) is 39.9 Å². The number of amides is 3. The number of aryl methyl sites for hydroxylation is 2. The molecule has 2 heterocycles. The van der Waals surface area contributed by atoms with Crippen molar-refractivity contribution in [2.24, 2.45) is 18.9 Å². The number of carbonyl (C=O) groups excluding carboxylic acids is 2. The predicted molar refractivity (Wildman–Crippen MR) is 125 cm³/mol. The van der Waals surface area contributed by atoms with Crippen molar-refractivity contribution in [2.75, 3.05) is 0 Å². The lowest BCUT2D eigenvalue weighted by Gasteiger charge is -2.35. The minimum Gasteiger partial charge on any atom is -0.335 e. The second-order valence-corrected chi connectivity index (χ2v) is 10.0. The van der Waals surface area contributed by atoms with Crippen LogP contribution in [0.2, 0.25) is 0 Å². The number of carbonyl (C=O) groups is 2. The van der Waals surface area contributed by atoms with Gasteiger partial charge in [0, 0.05) is 48.8 Å². The molecule has 0 saturated heterocycles. The third-order valence-electron chi connectivity index (χ3n) is 7.48. The third kappa shape index (κ3) is 5.21. The summed E-state index contributed by atoms with van der Waals surface area (Å²) in [5, 5.41) is 5.59. The van der Waals surface area contributed by atoms with Crippen LogP contribution in [0.5, 0.6) is 0 Å². The molecule has 4 rings (SSSR count).